The maximum atomic E-state index is 14.9. The standard InChI is InChI=1S/C28H28FN3O2S/c1-19(2)16-30-27(33)21-14-12-20(13-15-21)17-32(25-10-6-5-9-23(25)29)28-31-24(18-35-28)22-8-4-7-11-26(22)34-3/h4-15,18-19H,16-17H2,1-3H3,(H,30,33). The Balaban J connectivity index is 1.63. The first-order valence-electron chi connectivity index (χ1n) is 11.4. The van der Waals surface area contributed by atoms with Crippen LogP contribution in [0.1, 0.15) is 29.8 Å². The fourth-order valence-corrected chi connectivity index (χ4v) is 4.48. The fraction of sp³-hybridized carbons (Fsp3) is 0.214. The number of ether oxygens (including phenoxy) is 1. The molecule has 0 fully saturated rings. The van der Waals surface area contributed by atoms with E-state index < -0.39 is 0 Å². The summed E-state index contributed by atoms with van der Waals surface area (Å²) in [4.78, 5) is 19.0. The summed E-state index contributed by atoms with van der Waals surface area (Å²) < 4.78 is 20.3. The van der Waals surface area contributed by atoms with Gasteiger partial charge in [-0.05, 0) is 47.9 Å². The van der Waals surface area contributed by atoms with E-state index >= 15 is 0 Å². The Morgan fingerprint density at radius 2 is 1.77 bits per heavy atom. The third-order valence-corrected chi connectivity index (χ3v) is 6.34. The van der Waals surface area contributed by atoms with Crippen LogP contribution in [0.2, 0.25) is 0 Å². The van der Waals surface area contributed by atoms with Crippen LogP contribution in [-0.2, 0) is 6.54 Å². The van der Waals surface area contributed by atoms with Crippen molar-refractivity contribution in [3.63, 3.8) is 0 Å². The van der Waals surface area contributed by atoms with E-state index in [-0.39, 0.29) is 11.7 Å². The van der Waals surface area contributed by atoms with E-state index in [0.717, 1.165) is 22.6 Å². The van der Waals surface area contributed by atoms with E-state index in [1.54, 1.807) is 31.4 Å². The van der Waals surface area contributed by atoms with Gasteiger partial charge in [0.05, 0.1) is 25.0 Å². The molecule has 1 heterocycles. The molecule has 1 N–H and O–H groups in total. The molecule has 5 nitrogen and oxygen atoms in total. The van der Waals surface area contributed by atoms with E-state index in [2.05, 4.69) is 19.2 Å². The molecule has 0 aliphatic rings. The van der Waals surface area contributed by atoms with Crippen LogP contribution < -0.4 is 15.0 Å². The Kier molecular flexibility index (Phi) is 7.77. The number of amides is 1. The highest BCUT2D eigenvalue weighted by Gasteiger charge is 2.19. The molecule has 4 rings (SSSR count). The smallest absolute Gasteiger partial charge is 0.251 e. The minimum Gasteiger partial charge on any atom is -0.496 e. The number of rotatable bonds is 9. The van der Waals surface area contributed by atoms with E-state index in [4.69, 9.17) is 9.72 Å². The van der Waals surface area contributed by atoms with Gasteiger partial charge in [-0.3, -0.25) is 4.79 Å². The largest absolute Gasteiger partial charge is 0.496 e. The molecule has 0 unspecified atom stereocenters. The molecular weight excluding hydrogens is 461 g/mol. The number of nitrogens with one attached hydrogen (secondary N) is 1. The summed E-state index contributed by atoms with van der Waals surface area (Å²) >= 11 is 1.44. The molecule has 7 heteroatoms. The minimum absolute atomic E-state index is 0.0995. The molecule has 0 aliphatic carbocycles. The molecule has 0 aliphatic heterocycles. The van der Waals surface area contributed by atoms with Crippen molar-refractivity contribution in [3.05, 3.63) is 95.1 Å². The lowest BCUT2D eigenvalue weighted by Gasteiger charge is -2.23. The topological polar surface area (TPSA) is 54.5 Å². The van der Waals surface area contributed by atoms with Gasteiger partial charge in [0, 0.05) is 23.1 Å². The number of hydrogen-bond acceptors (Lipinski definition) is 5. The molecule has 0 saturated heterocycles. The number of methoxy groups -OCH3 is 1. The van der Waals surface area contributed by atoms with Crippen molar-refractivity contribution in [3.8, 4) is 17.0 Å². The summed E-state index contributed by atoms with van der Waals surface area (Å²) in [5, 5.41) is 5.54. The van der Waals surface area contributed by atoms with Gasteiger partial charge in [0.2, 0.25) is 0 Å². The number of carbonyl (C=O) groups is 1. The molecule has 35 heavy (non-hydrogen) atoms. The highest BCUT2D eigenvalue weighted by atomic mass is 32.1. The molecule has 1 amide bonds. The SMILES string of the molecule is COc1ccccc1-c1csc(N(Cc2ccc(C(=O)NCC(C)C)cc2)c2ccccc2F)n1. The summed E-state index contributed by atoms with van der Waals surface area (Å²) in [6.45, 7) is 5.13. The maximum Gasteiger partial charge on any atom is 0.251 e. The number of nitrogens with zero attached hydrogens (tertiary/aromatic N) is 2. The first-order valence-corrected chi connectivity index (χ1v) is 12.3. The van der Waals surface area contributed by atoms with E-state index in [9.17, 15) is 9.18 Å². The second-order valence-corrected chi connectivity index (χ2v) is 9.39. The highest BCUT2D eigenvalue weighted by Crippen LogP contribution is 2.37. The Morgan fingerprint density at radius 3 is 2.49 bits per heavy atom. The van der Waals surface area contributed by atoms with Gasteiger partial charge in [-0.2, -0.15) is 0 Å². The summed E-state index contributed by atoms with van der Waals surface area (Å²) in [7, 11) is 1.63. The number of benzene rings is 3. The Labute approximate surface area is 209 Å². The summed E-state index contributed by atoms with van der Waals surface area (Å²) in [6, 6.07) is 21.7. The second-order valence-electron chi connectivity index (χ2n) is 8.55. The number of hydrogen-bond donors (Lipinski definition) is 1. The van der Waals surface area contributed by atoms with Crippen molar-refractivity contribution in [1.29, 1.82) is 0 Å². The van der Waals surface area contributed by atoms with Gasteiger partial charge < -0.3 is 15.0 Å². The molecule has 4 aromatic rings. The zero-order chi connectivity index (χ0) is 24.8. The molecule has 180 valence electrons. The van der Waals surface area contributed by atoms with E-state index in [1.165, 1.54) is 17.4 Å². The van der Waals surface area contributed by atoms with Crippen LogP contribution in [0.15, 0.2) is 78.2 Å². The molecule has 1 aromatic heterocycles. The quantitative estimate of drug-likeness (QED) is 0.285. The third kappa shape index (κ3) is 5.87. The van der Waals surface area contributed by atoms with E-state index in [1.807, 2.05) is 52.7 Å². The zero-order valence-electron chi connectivity index (χ0n) is 20.0. The van der Waals surface area contributed by atoms with Crippen molar-refractivity contribution in [2.24, 2.45) is 5.92 Å². The van der Waals surface area contributed by atoms with Gasteiger partial charge in [-0.25, -0.2) is 9.37 Å². The zero-order valence-corrected chi connectivity index (χ0v) is 20.8. The molecule has 0 atom stereocenters. The number of para-hydroxylation sites is 2. The molecule has 0 bridgehead atoms. The number of anilines is 2. The van der Waals surface area contributed by atoms with Crippen molar-refractivity contribution in [2.75, 3.05) is 18.6 Å². The minimum atomic E-state index is -0.328. The van der Waals surface area contributed by atoms with Gasteiger partial charge in [0.15, 0.2) is 5.13 Å². The van der Waals surface area contributed by atoms with Gasteiger partial charge in [0.25, 0.3) is 5.91 Å². The predicted molar refractivity (Wildman–Crippen MR) is 140 cm³/mol. The monoisotopic (exact) mass is 489 g/mol. The lowest BCUT2D eigenvalue weighted by molar-refractivity contribution is 0.0949. The number of carbonyl (C=O) groups excluding carboxylic acids is 1. The van der Waals surface area contributed by atoms with Gasteiger partial charge in [-0.1, -0.05) is 50.2 Å². The van der Waals surface area contributed by atoms with Gasteiger partial charge >= 0.3 is 0 Å². The van der Waals surface area contributed by atoms with Crippen LogP contribution in [0.3, 0.4) is 0 Å². The number of halogens is 1. The third-order valence-electron chi connectivity index (χ3n) is 5.48. The van der Waals surface area contributed by atoms with Crippen LogP contribution in [0, 0.1) is 11.7 Å². The average Bonchev–Trinajstić information content (AvgIpc) is 3.36. The van der Waals surface area contributed by atoms with E-state index in [0.29, 0.717) is 35.4 Å². The first kappa shape index (κ1) is 24.4. The van der Waals surface area contributed by atoms with Crippen molar-refractivity contribution in [1.82, 2.24) is 10.3 Å². The average molecular weight is 490 g/mol. The molecule has 3 aromatic carbocycles. The van der Waals surface area contributed by atoms with Crippen molar-refractivity contribution in [2.45, 2.75) is 20.4 Å². The van der Waals surface area contributed by atoms with Crippen LogP contribution in [0.5, 0.6) is 5.75 Å². The van der Waals surface area contributed by atoms with Crippen molar-refractivity contribution < 1.29 is 13.9 Å². The van der Waals surface area contributed by atoms with Crippen LogP contribution in [-0.4, -0.2) is 24.5 Å². The van der Waals surface area contributed by atoms with Crippen LogP contribution in [0.4, 0.5) is 15.2 Å². The highest BCUT2D eigenvalue weighted by molar-refractivity contribution is 7.14. The Hall–Kier alpha value is -3.71. The summed E-state index contributed by atoms with van der Waals surface area (Å²) in [5.74, 6) is 0.684. The molecule has 0 saturated carbocycles. The summed E-state index contributed by atoms with van der Waals surface area (Å²) in [6.07, 6.45) is 0. The Morgan fingerprint density at radius 1 is 1.06 bits per heavy atom. The fourth-order valence-electron chi connectivity index (χ4n) is 3.64. The van der Waals surface area contributed by atoms with Gasteiger partial charge in [-0.15, -0.1) is 11.3 Å². The molecule has 0 radical (unpaired) electrons. The number of aromatic nitrogens is 1. The predicted octanol–water partition coefficient (Wildman–Crippen LogP) is 6.68. The lowest BCUT2D eigenvalue weighted by atomic mass is 10.1. The lowest BCUT2D eigenvalue weighted by Crippen LogP contribution is -2.27. The first-order chi connectivity index (χ1) is 17.0. The van der Waals surface area contributed by atoms with Gasteiger partial charge in [0.1, 0.15) is 11.6 Å². The number of thiazole rings is 1. The van der Waals surface area contributed by atoms with Crippen LogP contribution in [0.25, 0.3) is 11.3 Å². The van der Waals surface area contributed by atoms with Crippen LogP contribution >= 0.6 is 11.3 Å². The maximum absolute atomic E-state index is 14.9. The molecular formula is C28H28FN3O2S. The van der Waals surface area contributed by atoms with Crippen molar-refractivity contribution >= 4 is 28.1 Å². The second kappa shape index (κ2) is 11.1. The Bertz CT molecular complexity index is 1290. The normalized spacial score (nSPS) is 10.9. The molecule has 0 spiro atoms. The summed E-state index contributed by atoms with van der Waals surface area (Å²) in [5.41, 5.74) is 3.61.